The Bertz CT molecular complexity index is 407. The summed E-state index contributed by atoms with van der Waals surface area (Å²) in [7, 11) is 2.12. The molecule has 0 aliphatic carbocycles. The van der Waals surface area contributed by atoms with Crippen LogP contribution in [0.1, 0.15) is 16.7 Å². The molecule has 1 aliphatic heterocycles. The highest BCUT2D eigenvalue weighted by Gasteiger charge is 2.26. The summed E-state index contributed by atoms with van der Waals surface area (Å²) in [5.74, 6) is 0. The molecule has 18 heavy (non-hydrogen) atoms. The molecular formula is C15H24N2O. The number of aryl methyl sites for hydroxylation is 3. The van der Waals surface area contributed by atoms with Crippen molar-refractivity contribution in [2.45, 2.75) is 26.8 Å². The average molecular weight is 248 g/mol. The van der Waals surface area contributed by atoms with Crippen LogP contribution in [0.3, 0.4) is 0 Å². The van der Waals surface area contributed by atoms with Crippen molar-refractivity contribution in [3.8, 4) is 0 Å². The molecule has 100 valence electrons. The predicted octanol–water partition coefficient (Wildman–Crippen LogP) is 1.72. The number of rotatable bonds is 2. The van der Waals surface area contributed by atoms with Crippen LogP contribution in [0, 0.1) is 20.8 Å². The van der Waals surface area contributed by atoms with Crippen molar-refractivity contribution >= 4 is 5.69 Å². The van der Waals surface area contributed by atoms with Gasteiger partial charge in [-0.25, -0.2) is 0 Å². The third kappa shape index (κ3) is 2.52. The third-order valence-corrected chi connectivity index (χ3v) is 3.82. The molecule has 1 fully saturated rings. The SMILES string of the molecule is Cc1cc(C)c(N2CCN(C)CC2CO)c(C)c1. The number of likely N-dealkylation sites (N-methyl/N-ethyl adjacent to an activating group) is 1. The second kappa shape index (κ2) is 5.29. The first-order chi connectivity index (χ1) is 8.52. The van der Waals surface area contributed by atoms with Gasteiger partial charge in [-0.05, 0) is 38.9 Å². The summed E-state index contributed by atoms with van der Waals surface area (Å²) in [4.78, 5) is 4.67. The van der Waals surface area contributed by atoms with E-state index >= 15 is 0 Å². The summed E-state index contributed by atoms with van der Waals surface area (Å²) < 4.78 is 0. The van der Waals surface area contributed by atoms with Crippen LogP contribution >= 0.6 is 0 Å². The first kappa shape index (κ1) is 13.4. The number of benzene rings is 1. The average Bonchev–Trinajstić information content (AvgIpc) is 2.29. The molecule has 3 heteroatoms. The van der Waals surface area contributed by atoms with E-state index in [1.165, 1.54) is 22.4 Å². The van der Waals surface area contributed by atoms with Crippen molar-refractivity contribution in [1.29, 1.82) is 0 Å². The Labute approximate surface area is 110 Å². The van der Waals surface area contributed by atoms with E-state index in [0.717, 1.165) is 19.6 Å². The highest BCUT2D eigenvalue weighted by molar-refractivity contribution is 5.61. The van der Waals surface area contributed by atoms with E-state index in [1.807, 2.05) is 0 Å². The maximum atomic E-state index is 9.61. The molecule has 1 saturated heterocycles. The molecule has 0 amide bonds. The van der Waals surface area contributed by atoms with Gasteiger partial charge in [0.2, 0.25) is 0 Å². The lowest BCUT2D eigenvalue weighted by molar-refractivity contribution is 0.191. The van der Waals surface area contributed by atoms with Crippen molar-refractivity contribution in [1.82, 2.24) is 4.90 Å². The zero-order valence-corrected chi connectivity index (χ0v) is 11.9. The number of aliphatic hydroxyl groups excluding tert-OH is 1. The van der Waals surface area contributed by atoms with E-state index < -0.39 is 0 Å². The number of nitrogens with zero attached hydrogens (tertiary/aromatic N) is 2. The Morgan fingerprint density at radius 1 is 1.17 bits per heavy atom. The van der Waals surface area contributed by atoms with Crippen molar-refractivity contribution in [3.63, 3.8) is 0 Å². The largest absolute Gasteiger partial charge is 0.394 e. The van der Waals surface area contributed by atoms with Gasteiger partial charge in [-0.15, -0.1) is 0 Å². The molecule has 0 saturated carbocycles. The highest BCUT2D eigenvalue weighted by atomic mass is 16.3. The quantitative estimate of drug-likeness (QED) is 0.863. The molecule has 3 nitrogen and oxygen atoms in total. The van der Waals surface area contributed by atoms with Crippen molar-refractivity contribution in [2.24, 2.45) is 0 Å². The van der Waals surface area contributed by atoms with Gasteiger partial charge in [-0.2, -0.15) is 0 Å². The maximum absolute atomic E-state index is 9.61. The fraction of sp³-hybridized carbons (Fsp3) is 0.600. The zero-order valence-electron chi connectivity index (χ0n) is 11.9. The molecule has 0 bridgehead atoms. The Hall–Kier alpha value is -1.06. The van der Waals surface area contributed by atoms with E-state index in [2.05, 4.69) is 49.8 Å². The van der Waals surface area contributed by atoms with Crippen LogP contribution in [0.4, 0.5) is 5.69 Å². The smallest absolute Gasteiger partial charge is 0.0648 e. The van der Waals surface area contributed by atoms with Crippen molar-refractivity contribution < 1.29 is 5.11 Å². The summed E-state index contributed by atoms with van der Waals surface area (Å²) in [5.41, 5.74) is 5.25. The Balaban J connectivity index is 2.35. The minimum Gasteiger partial charge on any atom is -0.394 e. The maximum Gasteiger partial charge on any atom is 0.0648 e. The lowest BCUT2D eigenvalue weighted by Gasteiger charge is -2.42. The number of hydrogen-bond acceptors (Lipinski definition) is 3. The fourth-order valence-corrected chi connectivity index (χ4v) is 3.09. The zero-order chi connectivity index (χ0) is 13.3. The topological polar surface area (TPSA) is 26.7 Å². The molecule has 1 atom stereocenters. The molecule has 1 heterocycles. The Kier molecular flexibility index (Phi) is 3.93. The summed E-state index contributed by atoms with van der Waals surface area (Å²) in [6.45, 7) is 9.68. The van der Waals surface area contributed by atoms with Gasteiger partial charge >= 0.3 is 0 Å². The first-order valence-electron chi connectivity index (χ1n) is 6.67. The van der Waals surface area contributed by atoms with Crippen LogP contribution < -0.4 is 4.90 Å². The van der Waals surface area contributed by atoms with Gasteiger partial charge in [0, 0.05) is 25.3 Å². The van der Waals surface area contributed by atoms with E-state index in [-0.39, 0.29) is 12.6 Å². The van der Waals surface area contributed by atoms with E-state index in [1.54, 1.807) is 0 Å². The molecule has 1 aliphatic rings. The van der Waals surface area contributed by atoms with Crippen LogP contribution in [-0.4, -0.2) is 49.3 Å². The second-order valence-corrected chi connectivity index (χ2v) is 5.54. The van der Waals surface area contributed by atoms with Gasteiger partial charge in [0.15, 0.2) is 0 Å². The summed E-state index contributed by atoms with van der Waals surface area (Å²) in [5, 5.41) is 9.61. The Morgan fingerprint density at radius 2 is 1.78 bits per heavy atom. The Morgan fingerprint density at radius 3 is 2.33 bits per heavy atom. The summed E-state index contributed by atoms with van der Waals surface area (Å²) in [6.07, 6.45) is 0. The van der Waals surface area contributed by atoms with Gasteiger partial charge in [0.25, 0.3) is 0 Å². The molecule has 0 radical (unpaired) electrons. The standard InChI is InChI=1S/C15H24N2O/c1-11-7-12(2)15(13(3)8-11)17-6-5-16(4)9-14(17)10-18/h7-8,14,18H,5-6,9-10H2,1-4H3. The van der Waals surface area contributed by atoms with Gasteiger partial charge in [-0.3, -0.25) is 0 Å². The highest BCUT2D eigenvalue weighted by Crippen LogP contribution is 2.29. The minimum atomic E-state index is 0.212. The fourth-order valence-electron chi connectivity index (χ4n) is 3.09. The van der Waals surface area contributed by atoms with E-state index in [4.69, 9.17) is 0 Å². The number of anilines is 1. The first-order valence-corrected chi connectivity index (χ1v) is 6.67. The molecule has 1 aromatic rings. The number of hydrogen-bond donors (Lipinski definition) is 1. The molecule has 1 unspecified atom stereocenters. The van der Waals surface area contributed by atoms with Crippen LogP contribution in [0.5, 0.6) is 0 Å². The summed E-state index contributed by atoms with van der Waals surface area (Å²) >= 11 is 0. The lowest BCUT2D eigenvalue weighted by atomic mass is 10.0. The molecule has 1 N–H and O–H groups in total. The lowest BCUT2D eigenvalue weighted by Crippen LogP contribution is -2.54. The van der Waals surface area contributed by atoms with Crippen LogP contribution in [-0.2, 0) is 0 Å². The molecular weight excluding hydrogens is 224 g/mol. The molecule has 0 aromatic heterocycles. The molecule has 2 rings (SSSR count). The van der Waals surface area contributed by atoms with Crippen molar-refractivity contribution in [2.75, 3.05) is 38.2 Å². The summed E-state index contributed by atoms with van der Waals surface area (Å²) in [6, 6.07) is 4.67. The minimum absolute atomic E-state index is 0.212. The van der Waals surface area contributed by atoms with Crippen molar-refractivity contribution in [3.05, 3.63) is 28.8 Å². The second-order valence-electron chi connectivity index (χ2n) is 5.54. The monoisotopic (exact) mass is 248 g/mol. The van der Waals surface area contributed by atoms with Crippen LogP contribution in [0.2, 0.25) is 0 Å². The normalized spacial score (nSPS) is 21.4. The third-order valence-electron chi connectivity index (χ3n) is 3.82. The predicted molar refractivity (Wildman–Crippen MR) is 76.4 cm³/mol. The van der Waals surface area contributed by atoms with Gasteiger partial charge in [0.1, 0.15) is 0 Å². The van der Waals surface area contributed by atoms with Crippen LogP contribution in [0.15, 0.2) is 12.1 Å². The van der Waals surface area contributed by atoms with E-state index in [9.17, 15) is 5.11 Å². The number of aliphatic hydroxyl groups is 1. The van der Waals surface area contributed by atoms with Gasteiger partial charge in [0.05, 0.1) is 12.6 Å². The number of piperazine rings is 1. The molecule has 0 spiro atoms. The van der Waals surface area contributed by atoms with Gasteiger partial charge in [-0.1, -0.05) is 17.7 Å². The van der Waals surface area contributed by atoms with Gasteiger partial charge < -0.3 is 14.9 Å². The molecule has 1 aromatic carbocycles. The van der Waals surface area contributed by atoms with Crippen LogP contribution in [0.25, 0.3) is 0 Å². The van der Waals surface area contributed by atoms with E-state index in [0.29, 0.717) is 0 Å².